The Morgan fingerprint density at radius 1 is 0.933 bits per heavy atom. The van der Waals surface area contributed by atoms with Crippen LogP contribution >= 0.6 is 0 Å². The van der Waals surface area contributed by atoms with E-state index in [-0.39, 0.29) is 11.8 Å². The summed E-state index contributed by atoms with van der Waals surface area (Å²) in [6.45, 7) is 2.63. The van der Waals surface area contributed by atoms with Crippen LogP contribution in [0, 0.1) is 6.92 Å². The third kappa shape index (κ3) is 3.55. The largest absolute Gasteiger partial charge is 0.489 e. The van der Waals surface area contributed by atoms with Gasteiger partial charge in [0.2, 0.25) is 5.91 Å². The van der Waals surface area contributed by atoms with Gasteiger partial charge < -0.3 is 10.1 Å². The number of carbonyl (C=O) groups excluding carboxylic acids is 1. The summed E-state index contributed by atoms with van der Waals surface area (Å²) in [5, 5.41) is 5.43. The fourth-order valence-corrected chi connectivity index (χ4v) is 4.32. The number of benzene rings is 4. The quantitative estimate of drug-likeness (QED) is 0.448. The maximum Gasteiger partial charge on any atom is 0.225 e. The number of hydrogen-bond acceptors (Lipinski definition) is 2. The Morgan fingerprint density at radius 2 is 1.77 bits per heavy atom. The van der Waals surface area contributed by atoms with E-state index in [1.54, 1.807) is 0 Å². The van der Waals surface area contributed by atoms with Crippen LogP contribution < -0.4 is 10.1 Å². The predicted molar refractivity (Wildman–Crippen MR) is 121 cm³/mol. The van der Waals surface area contributed by atoms with Gasteiger partial charge in [0.05, 0.1) is 0 Å². The molecule has 1 amide bonds. The van der Waals surface area contributed by atoms with Crippen LogP contribution in [0.15, 0.2) is 84.9 Å². The number of anilines is 1. The van der Waals surface area contributed by atoms with E-state index in [2.05, 4.69) is 66.8 Å². The van der Waals surface area contributed by atoms with Gasteiger partial charge in [-0.1, -0.05) is 72.3 Å². The summed E-state index contributed by atoms with van der Waals surface area (Å²) in [4.78, 5) is 12.4. The molecule has 0 spiro atoms. The molecule has 0 fully saturated rings. The van der Waals surface area contributed by atoms with Crippen molar-refractivity contribution in [2.45, 2.75) is 25.9 Å². The van der Waals surface area contributed by atoms with Crippen molar-refractivity contribution in [3.63, 3.8) is 0 Å². The van der Waals surface area contributed by atoms with Gasteiger partial charge in [-0.25, -0.2) is 0 Å². The molecule has 3 nitrogen and oxygen atoms in total. The second-order valence-corrected chi connectivity index (χ2v) is 7.90. The highest BCUT2D eigenvalue weighted by Gasteiger charge is 2.28. The van der Waals surface area contributed by atoms with E-state index in [1.807, 2.05) is 30.3 Å². The number of fused-ring (bicyclic) bond motifs is 3. The molecule has 1 heterocycles. The molecule has 0 radical (unpaired) electrons. The van der Waals surface area contributed by atoms with Crippen molar-refractivity contribution in [1.82, 2.24) is 0 Å². The van der Waals surface area contributed by atoms with Gasteiger partial charge in [0.25, 0.3) is 0 Å². The van der Waals surface area contributed by atoms with Gasteiger partial charge >= 0.3 is 0 Å². The Morgan fingerprint density at radius 3 is 2.60 bits per heavy atom. The average molecular weight is 393 g/mol. The lowest BCUT2D eigenvalue weighted by Gasteiger charge is -2.27. The highest BCUT2D eigenvalue weighted by molar-refractivity contribution is 6.01. The molecule has 5 rings (SSSR count). The number of ether oxygens (including phenoxy) is 1. The van der Waals surface area contributed by atoms with E-state index in [0.717, 1.165) is 22.6 Å². The molecular formula is C27H23NO2. The fraction of sp³-hybridized carbons (Fsp3) is 0.148. The maximum atomic E-state index is 12.4. The molecule has 0 aromatic heterocycles. The lowest BCUT2D eigenvalue weighted by molar-refractivity contribution is -0.116. The zero-order chi connectivity index (χ0) is 20.5. The van der Waals surface area contributed by atoms with Crippen LogP contribution in [-0.4, -0.2) is 5.91 Å². The monoisotopic (exact) mass is 393 g/mol. The Balaban J connectivity index is 1.43. The summed E-state index contributed by atoms with van der Waals surface area (Å²) < 4.78 is 5.97. The van der Waals surface area contributed by atoms with E-state index in [1.165, 1.54) is 21.9 Å². The van der Waals surface area contributed by atoms with Gasteiger partial charge in [0.15, 0.2) is 0 Å². The molecule has 30 heavy (non-hydrogen) atoms. The van der Waals surface area contributed by atoms with Crippen LogP contribution in [0.2, 0.25) is 0 Å². The average Bonchev–Trinajstić information content (AvgIpc) is 2.77. The zero-order valence-corrected chi connectivity index (χ0v) is 16.9. The van der Waals surface area contributed by atoms with Crippen molar-refractivity contribution < 1.29 is 9.53 Å². The highest BCUT2D eigenvalue weighted by Crippen LogP contribution is 2.41. The number of nitrogens with one attached hydrogen (secondary N) is 1. The van der Waals surface area contributed by atoms with Crippen molar-refractivity contribution >= 4 is 22.4 Å². The molecule has 1 atom stereocenters. The number of amides is 1. The summed E-state index contributed by atoms with van der Waals surface area (Å²) in [5.74, 6) is 0.923. The number of rotatable bonds is 4. The van der Waals surface area contributed by atoms with E-state index < -0.39 is 0 Å². The van der Waals surface area contributed by atoms with Gasteiger partial charge in [-0.3, -0.25) is 4.79 Å². The summed E-state index contributed by atoms with van der Waals surface area (Å²) in [5.41, 5.74) is 5.62. The van der Waals surface area contributed by atoms with Crippen molar-refractivity contribution in [2.24, 2.45) is 0 Å². The van der Waals surface area contributed by atoms with Gasteiger partial charge in [-0.2, -0.15) is 0 Å². The number of carbonyl (C=O) groups is 1. The molecule has 0 saturated heterocycles. The summed E-state index contributed by atoms with van der Waals surface area (Å²) in [6.07, 6.45) is 0.449. The first-order valence-electron chi connectivity index (χ1n) is 10.3. The molecule has 1 N–H and O–H groups in total. The second kappa shape index (κ2) is 7.68. The first kappa shape index (κ1) is 18.4. The first-order chi connectivity index (χ1) is 14.7. The number of aryl methyl sites for hydroxylation is 1. The van der Waals surface area contributed by atoms with Crippen molar-refractivity contribution in [2.75, 3.05) is 5.32 Å². The predicted octanol–water partition coefficient (Wildman–Crippen LogP) is 6.20. The first-order valence-corrected chi connectivity index (χ1v) is 10.3. The standard InChI is InChI=1S/C27H23NO2/c1-18-5-4-6-19(15-18)17-30-22-12-9-21(10-13-22)24-16-26(29)28-25-14-11-20-7-2-3-8-23(20)27(24)25/h2-15,24H,16-17H2,1H3,(H,28,29). The van der Waals surface area contributed by atoms with Crippen LogP contribution in [0.25, 0.3) is 10.8 Å². The van der Waals surface area contributed by atoms with Crippen LogP contribution in [-0.2, 0) is 11.4 Å². The highest BCUT2D eigenvalue weighted by atomic mass is 16.5. The van der Waals surface area contributed by atoms with E-state index in [0.29, 0.717) is 13.0 Å². The third-order valence-electron chi connectivity index (χ3n) is 5.75. The van der Waals surface area contributed by atoms with Crippen LogP contribution in [0.4, 0.5) is 5.69 Å². The van der Waals surface area contributed by atoms with E-state index >= 15 is 0 Å². The topological polar surface area (TPSA) is 38.3 Å². The van der Waals surface area contributed by atoms with Gasteiger partial charge in [-0.15, -0.1) is 0 Å². The molecule has 0 aliphatic carbocycles. The van der Waals surface area contributed by atoms with Crippen molar-refractivity contribution in [3.8, 4) is 5.75 Å². The molecular weight excluding hydrogens is 370 g/mol. The molecule has 1 unspecified atom stereocenters. The van der Waals surface area contributed by atoms with Gasteiger partial charge in [0.1, 0.15) is 12.4 Å². The van der Waals surface area contributed by atoms with Gasteiger partial charge in [0, 0.05) is 18.0 Å². The van der Waals surface area contributed by atoms with Crippen LogP contribution in [0.1, 0.15) is 34.6 Å². The number of hydrogen-bond donors (Lipinski definition) is 1. The molecule has 0 saturated carbocycles. The molecule has 3 heteroatoms. The fourth-order valence-electron chi connectivity index (χ4n) is 4.32. The Labute approximate surface area is 176 Å². The SMILES string of the molecule is Cc1cccc(COc2ccc(C3CC(=O)Nc4ccc5ccccc5c43)cc2)c1. The summed E-state index contributed by atoms with van der Waals surface area (Å²) >= 11 is 0. The Bertz CT molecular complexity index is 1230. The zero-order valence-electron chi connectivity index (χ0n) is 16.9. The minimum atomic E-state index is 0.0330. The van der Waals surface area contributed by atoms with Crippen molar-refractivity contribution in [1.29, 1.82) is 0 Å². The smallest absolute Gasteiger partial charge is 0.225 e. The Hall–Kier alpha value is -3.59. The molecule has 148 valence electrons. The lowest BCUT2D eigenvalue weighted by Crippen LogP contribution is -2.23. The molecule has 4 aromatic rings. The van der Waals surface area contributed by atoms with Crippen LogP contribution in [0.3, 0.4) is 0 Å². The molecule has 1 aliphatic rings. The minimum Gasteiger partial charge on any atom is -0.489 e. The maximum absolute atomic E-state index is 12.4. The van der Waals surface area contributed by atoms with Crippen LogP contribution in [0.5, 0.6) is 5.75 Å². The minimum absolute atomic E-state index is 0.0330. The second-order valence-electron chi connectivity index (χ2n) is 7.90. The van der Waals surface area contributed by atoms with Gasteiger partial charge in [-0.05, 0) is 52.6 Å². The lowest BCUT2D eigenvalue weighted by atomic mass is 9.82. The summed E-state index contributed by atoms with van der Waals surface area (Å²) in [7, 11) is 0. The van der Waals surface area contributed by atoms with E-state index in [4.69, 9.17) is 4.74 Å². The molecule has 4 aromatic carbocycles. The summed E-state index contributed by atoms with van der Waals surface area (Å²) in [6, 6.07) is 29.0. The van der Waals surface area contributed by atoms with E-state index in [9.17, 15) is 4.79 Å². The van der Waals surface area contributed by atoms with Crippen molar-refractivity contribution in [3.05, 3.63) is 107 Å². The third-order valence-corrected chi connectivity index (χ3v) is 5.75. The normalized spacial score (nSPS) is 15.5. The molecule has 1 aliphatic heterocycles. The Kier molecular flexibility index (Phi) is 4.72. The molecule has 0 bridgehead atoms.